The Morgan fingerprint density at radius 3 is 2.43 bits per heavy atom. The van der Waals surface area contributed by atoms with E-state index in [2.05, 4.69) is 0 Å². The number of carbonyl (C=O) groups is 2. The van der Waals surface area contributed by atoms with E-state index in [1.165, 1.54) is 23.9 Å². The molecular weight excluding hydrogens is 595 g/mol. The van der Waals surface area contributed by atoms with Gasteiger partial charge in [0.25, 0.3) is 5.91 Å². The minimum Gasteiger partial charge on any atom is -0.493 e. The fourth-order valence-electron chi connectivity index (χ4n) is 4.12. The van der Waals surface area contributed by atoms with Gasteiger partial charge in [0.1, 0.15) is 6.61 Å². The van der Waals surface area contributed by atoms with E-state index in [1.807, 2.05) is 36.4 Å². The molecular formula is C32H24Cl2N2O5S. The van der Waals surface area contributed by atoms with Crippen molar-refractivity contribution >= 4 is 63.8 Å². The van der Waals surface area contributed by atoms with Gasteiger partial charge in [-0.3, -0.25) is 9.69 Å². The number of methoxy groups -OCH3 is 1. The zero-order valence-corrected chi connectivity index (χ0v) is 24.6. The van der Waals surface area contributed by atoms with Crippen LogP contribution in [0.25, 0.3) is 6.08 Å². The zero-order valence-electron chi connectivity index (χ0n) is 22.3. The summed E-state index contributed by atoms with van der Waals surface area (Å²) in [4.78, 5) is 31.7. The summed E-state index contributed by atoms with van der Waals surface area (Å²) in [5, 5.41) is 10.8. The third-order valence-corrected chi connectivity index (χ3v) is 7.89. The lowest BCUT2D eigenvalue weighted by Gasteiger charge is -2.16. The molecule has 0 aliphatic carbocycles. The van der Waals surface area contributed by atoms with Crippen molar-refractivity contribution in [2.24, 2.45) is 4.99 Å². The lowest BCUT2D eigenvalue weighted by Crippen LogP contribution is -2.28. The number of halogens is 2. The van der Waals surface area contributed by atoms with Gasteiger partial charge in [-0.1, -0.05) is 65.7 Å². The summed E-state index contributed by atoms with van der Waals surface area (Å²) in [6.45, 7) is 0.459. The molecule has 5 rings (SSSR count). The molecule has 1 heterocycles. The molecule has 0 radical (unpaired) electrons. The van der Waals surface area contributed by atoms with Crippen molar-refractivity contribution in [2.45, 2.75) is 13.2 Å². The molecule has 0 aromatic heterocycles. The molecule has 0 saturated carbocycles. The lowest BCUT2D eigenvalue weighted by atomic mass is 10.1. The molecule has 0 bridgehead atoms. The van der Waals surface area contributed by atoms with Crippen molar-refractivity contribution in [1.29, 1.82) is 0 Å². The van der Waals surface area contributed by atoms with Gasteiger partial charge in [0.15, 0.2) is 16.7 Å². The molecule has 0 spiro atoms. The molecule has 0 unspecified atom stereocenters. The number of hydrogen-bond donors (Lipinski definition) is 1. The normalized spacial score (nSPS) is 14.9. The minimum absolute atomic E-state index is 0.178. The van der Waals surface area contributed by atoms with Crippen molar-refractivity contribution in [3.8, 4) is 11.5 Å². The number of carbonyl (C=O) groups excluding carboxylic acids is 1. The standard InChI is InChI=1S/C32H24Cl2N2O5S/c1-40-28-15-21(9-14-27(28)41-19-23-12-13-24(33)17-26(23)34)16-29-30(37)36(18-20-7-10-22(11-8-20)31(38)39)32(42-29)35-25-5-3-2-4-6-25/h2-17H,18-19H2,1H3,(H,38,39)/b29-16-,35-32?. The second-order valence-electron chi connectivity index (χ2n) is 9.17. The summed E-state index contributed by atoms with van der Waals surface area (Å²) in [6.07, 6.45) is 1.78. The number of thioether (sulfide) groups is 1. The number of amides is 1. The van der Waals surface area contributed by atoms with Gasteiger partial charge in [-0.05, 0) is 77.5 Å². The SMILES string of the molecule is COc1cc(/C=C2\SC(=Nc3ccccc3)N(Cc3ccc(C(=O)O)cc3)C2=O)ccc1OCc1ccc(Cl)cc1Cl. The maximum absolute atomic E-state index is 13.6. The largest absolute Gasteiger partial charge is 0.493 e. The molecule has 1 amide bonds. The minimum atomic E-state index is -1.01. The van der Waals surface area contributed by atoms with E-state index in [4.69, 9.17) is 37.7 Å². The average Bonchev–Trinajstić information content (AvgIpc) is 3.26. The van der Waals surface area contributed by atoms with Gasteiger partial charge in [-0.2, -0.15) is 0 Å². The fraction of sp³-hybridized carbons (Fsp3) is 0.0938. The first-order chi connectivity index (χ1) is 20.3. The third kappa shape index (κ3) is 6.97. The number of aliphatic imine (C=N–C) groups is 1. The predicted octanol–water partition coefficient (Wildman–Crippen LogP) is 8.08. The molecule has 1 aliphatic heterocycles. The highest BCUT2D eigenvalue weighted by Gasteiger charge is 2.33. The topological polar surface area (TPSA) is 88.4 Å². The highest BCUT2D eigenvalue weighted by molar-refractivity contribution is 8.18. The molecule has 212 valence electrons. The van der Waals surface area contributed by atoms with E-state index in [0.29, 0.717) is 37.3 Å². The Morgan fingerprint density at radius 2 is 1.74 bits per heavy atom. The number of para-hydroxylation sites is 1. The summed E-state index contributed by atoms with van der Waals surface area (Å²) in [6, 6.07) is 26.4. The summed E-state index contributed by atoms with van der Waals surface area (Å²) in [5.41, 5.74) is 3.19. The zero-order chi connectivity index (χ0) is 29.6. The first-order valence-electron chi connectivity index (χ1n) is 12.7. The van der Waals surface area contributed by atoms with Gasteiger partial charge in [0.2, 0.25) is 0 Å². The molecule has 10 heteroatoms. The number of nitrogens with zero attached hydrogens (tertiary/aromatic N) is 2. The van der Waals surface area contributed by atoms with Crippen LogP contribution in [0.15, 0.2) is 101 Å². The van der Waals surface area contributed by atoms with Crippen LogP contribution in [0, 0.1) is 0 Å². The summed E-state index contributed by atoms with van der Waals surface area (Å²) in [5.74, 6) is -0.201. The lowest BCUT2D eigenvalue weighted by molar-refractivity contribution is -0.122. The summed E-state index contributed by atoms with van der Waals surface area (Å²) in [7, 11) is 1.55. The number of ether oxygens (including phenoxy) is 2. The molecule has 1 saturated heterocycles. The van der Waals surface area contributed by atoms with Crippen molar-refractivity contribution in [3.05, 3.63) is 128 Å². The molecule has 1 aliphatic rings. The van der Waals surface area contributed by atoms with Crippen LogP contribution in [0.4, 0.5) is 5.69 Å². The third-order valence-electron chi connectivity index (χ3n) is 6.29. The Balaban J connectivity index is 1.40. The Bertz CT molecular complexity index is 1690. The molecule has 1 N–H and O–H groups in total. The number of amidine groups is 1. The van der Waals surface area contributed by atoms with Crippen molar-refractivity contribution in [1.82, 2.24) is 4.90 Å². The van der Waals surface area contributed by atoms with Gasteiger partial charge >= 0.3 is 5.97 Å². The molecule has 7 nitrogen and oxygen atoms in total. The maximum atomic E-state index is 13.6. The summed E-state index contributed by atoms with van der Waals surface area (Å²) >= 11 is 13.5. The first-order valence-corrected chi connectivity index (χ1v) is 14.3. The maximum Gasteiger partial charge on any atom is 0.335 e. The molecule has 1 fully saturated rings. The number of carboxylic acids is 1. The van der Waals surface area contributed by atoms with Gasteiger partial charge in [0, 0.05) is 15.6 Å². The fourth-order valence-corrected chi connectivity index (χ4v) is 5.58. The number of aromatic carboxylic acids is 1. The highest BCUT2D eigenvalue weighted by atomic mass is 35.5. The van der Waals surface area contributed by atoms with Crippen LogP contribution in [0.2, 0.25) is 10.0 Å². The Hall–Kier alpha value is -4.24. The molecule has 42 heavy (non-hydrogen) atoms. The van der Waals surface area contributed by atoms with Crippen molar-refractivity contribution in [3.63, 3.8) is 0 Å². The van der Waals surface area contributed by atoms with E-state index in [1.54, 1.807) is 60.6 Å². The number of carboxylic acid groups (broad SMARTS) is 1. The van der Waals surface area contributed by atoms with Crippen LogP contribution in [0.5, 0.6) is 11.5 Å². The van der Waals surface area contributed by atoms with Gasteiger partial charge in [-0.15, -0.1) is 0 Å². The van der Waals surface area contributed by atoms with E-state index >= 15 is 0 Å². The average molecular weight is 620 g/mol. The Labute approximate surface area is 257 Å². The van der Waals surface area contributed by atoms with E-state index in [9.17, 15) is 14.7 Å². The second-order valence-corrected chi connectivity index (χ2v) is 11.0. The molecule has 0 atom stereocenters. The van der Waals surface area contributed by atoms with E-state index < -0.39 is 5.97 Å². The first kappa shape index (κ1) is 29.3. The number of hydrogen-bond acceptors (Lipinski definition) is 6. The number of rotatable bonds is 9. The van der Waals surface area contributed by atoms with Crippen molar-refractivity contribution < 1.29 is 24.2 Å². The Morgan fingerprint density at radius 1 is 0.976 bits per heavy atom. The Kier molecular flexibility index (Phi) is 9.17. The van der Waals surface area contributed by atoms with Gasteiger partial charge in [-0.25, -0.2) is 9.79 Å². The number of benzene rings is 4. The van der Waals surface area contributed by atoms with Crippen LogP contribution in [0.3, 0.4) is 0 Å². The van der Waals surface area contributed by atoms with Crippen LogP contribution in [-0.4, -0.2) is 34.2 Å². The summed E-state index contributed by atoms with van der Waals surface area (Å²) < 4.78 is 11.5. The monoisotopic (exact) mass is 618 g/mol. The highest BCUT2D eigenvalue weighted by Crippen LogP contribution is 2.37. The van der Waals surface area contributed by atoms with E-state index in [-0.39, 0.29) is 24.6 Å². The van der Waals surface area contributed by atoms with Crippen LogP contribution >= 0.6 is 35.0 Å². The van der Waals surface area contributed by atoms with Gasteiger partial charge < -0.3 is 14.6 Å². The molecule has 4 aromatic carbocycles. The van der Waals surface area contributed by atoms with Crippen LogP contribution in [-0.2, 0) is 17.9 Å². The van der Waals surface area contributed by atoms with Crippen molar-refractivity contribution in [2.75, 3.05) is 7.11 Å². The van der Waals surface area contributed by atoms with E-state index in [0.717, 1.165) is 16.7 Å². The smallest absolute Gasteiger partial charge is 0.335 e. The van der Waals surface area contributed by atoms with Gasteiger partial charge in [0.05, 0.1) is 29.8 Å². The molecule has 4 aromatic rings. The second kappa shape index (κ2) is 13.2. The van der Waals surface area contributed by atoms with Crippen LogP contribution in [0.1, 0.15) is 27.0 Å². The van der Waals surface area contributed by atoms with Crippen LogP contribution < -0.4 is 9.47 Å². The quantitative estimate of drug-likeness (QED) is 0.191. The predicted molar refractivity (Wildman–Crippen MR) is 167 cm³/mol.